The third kappa shape index (κ3) is 4.82. The zero-order valence-electron chi connectivity index (χ0n) is 19.0. The first kappa shape index (κ1) is 22.6. The van der Waals surface area contributed by atoms with Crippen LogP contribution in [0.4, 0.5) is 0 Å². The summed E-state index contributed by atoms with van der Waals surface area (Å²) in [7, 11) is 4.73. The van der Waals surface area contributed by atoms with E-state index in [9.17, 15) is 4.79 Å². The van der Waals surface area contributed by atoms with Crippen molar-refractivity contribution in [2.75, 3.05) is 41.0 Å². The number of ether oxygens (including phenoxy) is 3. The van der Waals surface area contributed by atoms with E-state index >= 15 is 0 Å². The molecule has 31 heavy (non-hydrogen) atoms. The Morgan fingerprint density at radius 1 is 0.968 bits per heavy atom. The number of benzene rings is 2. The fraction of sp³-hybridized carbons (Fsp3) is 0.417. The van der Waals surface area contributed by atoms with Crippen LogP contribution in [0, 0.1) is 0 Å². The van der Waals surface area contributed by atoms with Gasteiger partial charge in [-0.15, -0.1) is 0 Å². The fourth-order valence-electron chi connectivity index (χ4n) is 3.79. The van der Waals surface area contributed by atoms with Crippen LogP contribution in [0.15, 0.2) is 41.2 Å². The molecule has 0 aliphatic carbocycles. The van der Waals surface area contributed by atoms with Crippen LogP contribution in [0.1, 0.15) is 25.1 Å². The summed E-state index contributed by atoms with van der Waals surface area (Å²) in [5.74, 6) is 1.64. The summed E-state index contributed by atoms with van der Waals surface area (Å²) < 4.78 is 18.2. The average molecular weight is 426 g/mol. The molecule has 0 amide bonds. The van der Waals surface area contributed by atoms with E-state index in [2.05, 4.69) is 18.7 Å². The fourth-order valence-corrected chi connectivity index (χ4v) is 3.79. The second kappa shape index (κ2) is 10.3. The van der Waals surface area contributed by atoms with E-state index < -0.39 is 0 Å². The lowest BCUT2D eigenvalue weighted by Gasteiger charge is -2.20. The molecular formula is C24H31N3O4. The maximum absolute atomic E-state index is 13.4. The van der Waals surface area contributed by atoms with Crippen molar-refractivity contribution in [1.29, 1.82) is 0 Å². The summed E-state index contributed by atoms with van der Waals surface area (Å²) >= 11 is 0. The number of methoxy groups -OCH3 is 3. The normalized spacial score (nSPS) is 11.2. The standard InChI is InChI=1S/C24H31N3O4/c1-6-26(7-2)12-13-27-20-11-9-8-10-18(20)25-19(24(27)28)14-17-15-21(29-3)23(31-5)22(16-17)30-4/h8-11,15-16H,6-7,12-14H2,1-5H3. The summed E-state index contributed by atoms with van der Waals surface area (Å²) in [4.78, 5) is 20.4. The quantitative estimate of drug-likeness (QED) is 0.496. The summed E-state index contributed by atoms with van der Waals surface area (Å²) in [6.07, 6.45) is 0.367. The number of likely N-dealkylation sites (N-methyl/N-ethyl adjacent to an activating group) is 1. The van der Waals surface area contributed by atoms with Gasteiger partial charge < -0.3 is 23.7 Å². The summed E-state index contributed by atoms with van der Waals surface area (Å²) in [6, 6.07) is 11.5. The molecular weight excluding hydrogens is 394 g/mol. The van der Waals surface area contributed by atoms with Gasteiger partial charge >= 0.3 is 0 Å². The number of hydrogen-bond donors (Lipinski definition) is 0. The summed E-state index contributed by atoms with van der Waals surface area (Å²) in [6.45, 7) is 7.59. The highest BCUT2D eigenvalue weighted by molar-refractivity contribution is 5.74. The Morgan fingerprint density at radius 3 is 2.19 bits per heavy atom. The van der Waals surface area contributed by atoms with Crippen molar-refractivity contribution in [2.45, 2.75) is 26.8 Å². The molecule has 0 fully saturated rings. The van der Waals surface area contributed by atoms with Gasteiger partial charge in [-0.2, -0.15) is 0 Å². The smallest absolute Gasteiger partial charge is 0.273 e. The predicted molar refractivity (Wildman–Crippen MR) is 123 cm³/mol. The molecule has 0 saturated heterocycles. The molecule has 0 bridgehead atoms. The Balaban J connectivity index is 2.05. The molecule has 0 N–H and O–H groups in total. The van der Waals surface area contributed by atoms with Crippen LogP contribution in [-0.4, -0.2) is 55.4 Å². The summed E-state index contributed by atoms with van der Waals surface area (Å²) in [5.41, 5.74) is 2.95. The van der Waals surface area contributed by atoms with Crippen molar-refractivity contribution in [3.63, 3.8) is 0 Å². The van der Waals surface area contributed by atoms with Crippen LogP contribution in [-0.2, 0) is 13.0 Å². The minimum absolute atomic E-state index is 0.0698. The first-order chi connectivity index (χ1) is 15.1. The highest BCUT2D eigenvalue weighted by Crippen LogP contribution is 2.38. The Hall–Kier alpha value is -3.06. The van der Waals surface area contributed by atoms with E-state index in [0.29, 0.717) is 35.9 Å². The van der Waals surface area contributed by atoms with E-state index in [1.165, 1.54) is 0 Å². The van der Waals surface area contributed by atoms with Crippen LogP contribution in [0.3, 0.4) is 0 Å². The Kier molecular flexibility index (Phi) is 7.52. The van der Waals surface area contributed by atoms with Crippen molar-refractivity contribution in [2.24, 2.45) is 0 Å². The molecule has 0 unspecified atom stereocenters. The van der Waals surface area contributed by atoms with Crippen LogP contribution >= 0.6 is 0 Å². The van der Waals surface area contributed by atoms with Gasteiger partial charge in [0.1, 0.15) is 5.69 Å². The molecule has 0 atom stereocenters. The first-order valence-corrected chi connectivity index (χ1v) is 10.6. The SMILES string of the molecule is CCN(CC)CCn1c(=O)c(Cc2cc(OC)c(OC)c(OC)c2)nc2ccccc21. The van der Waals surface area contributed by atoms with Crippen molar-refractivity contribution in [3.8, 4) is 17.2 Å². The molecule has 7 heteroatoms. The van der Waals surface area contributed by atoms with Crippen LogP contribution in [0.25, 0.3) is 11.0 Å². The molecule has 0 saturated carbocycles. The van der Waals surface area contributed by atoms with Crippen molar-refractivity contribution >= 4 is 11.0 Å². The van der Waals surface area contributed by atoms with E-state index in [1.54, 1.807) is 21.3 Å². The molecule has 0 radical (unpaired) electrons. The zero-order chi connectivity index (χ0) is 22.4. The van der Waals surface area contributed by atoms with Crippen LogP contribution in [0.5, 0.6) is 17.2 Å². The van der Waals surface area contributed by atoms with Gasteiger partial charge in [-0.25, -0.2) is 4.98 Å². The van der Waals surface area contributed by atoms with Crippen molar-refractivity contribution in [1.82, 2.24) is 14.5 Å². The van der Waals surface area contributed by atoms with Crippen molar-refractivity contribution in [3.05, 3.63) is 58.0 Å². The number of aromatic nitrogens is 2. The van der Waals surface area contributed by atoms with Gasteiger partial charge in [-0.1, -0.05) is 26.0 Å². The minimum Gasteiger partial charge on any atom is -0.493 e. The largest absolute Gasteiger partial charge is 0.493 e. The molecule has 3 aromatic rings. The number of fused-ring (bicyclic) bond motifs is 1. The van der Waals surface area contributed by atoms with Gasteiger partial charge in [-0.05, 0) is 42.9 Å². The maximum atomic E-state index is 13.4. The topological polar surface area (TPSA) is 65.8 Å². The second-order valence-corrected chi connectivity index (χ2v) is 7.24. The molecule has 7 nitrogen and oxygen atoms in total. The average Bonchev–Trinajstić information content (AvgIpc) is 2.80. The monoisotopic (exact) mass is 425 g/mol. The molecule has 0 spiro atoms. The van der Waals surface area contributed by atoms with E-state index in [-0.39, 0.29) is 5.56 Å². The first-order valence-electron chi connectivity index (χ1n) is 10.6. The third-order valence-electron chi connectivity index (χ3n) is 5.55. The number of para-hydroxylation sites is 2. The van der Waals surface area contributed by atoms with E-state index in [4.69, 9.17) is 19.2 Å². The predicted octanol–water partition coefficient (Wildman–Crippen LogP) is 3.35. The second-order valence-electron chi connectivity index (χ2n) is 7.24. The van der Waals surface area contributed by atoms with Gasteiger partial charge in [0.2, 0.25) is 5.75 Å². The molecule has 0 aliphatic heterocycles. The van der Waals surface area contributed by atoms with Crippen LogP contribution < -0.4 is 19.8 Å². The Morgan fingerprint density at radius 2 is 1.61 bits per heavy atom. The third-order valence-corrected chi connectivity index (χ3v) is 5.55. The van der Waals surface area contributed by atoms with Gasteiger partial charge in [0, 0.05) is 19.5 Å². The lowest BCUT2D eigenvalue weighted by atomic mass is 10.1. The minimum atomic E-state index is -0.0698. The van der Waals surface area contributed by atoms with Crippen molar-refractivity contribution < 1.29 is 14.2 Å². The van der Waals surface area contributed by atoms with Gasteiger partial charge in [-0.3, -0.25) is 4.79 Å². The maximum Gasteiger partial charge on any atom is 0.273 e. The molecule has 1 aromatic heterocycles. The highest BCUT2D eigenvalue weighted by atomic mass is 16.5. The molecule has 166 valence electrons. The Bertz CT molecular complexity index is 1060. The van der Waals surface area contributed by atoms with Gasteiger partial charge in [0.15, 0.2) is 11.5 Å². The number of nitrogens with zero attached hydrogens (tertiary/aromatic N) is 3. The molecule has 3 rings (SSSR count). The summed E-state index contributed by atoms with van der Waals surface area (Å²) in [5, 5.41) is 0. The van der Waals surface area contributed by atoms with E-state index in [0.717, 1.165) is 36.2 Å². The highest BCUT2D eigenvalue weighted by Gasteiger charge is 2.17. The Labute approximate surface area is 183 Å². The molecule has 1 heterocycles. The molecule has 2 aromatic carbocycles. The number of hydrogen-bond acceptors (Lipinski definition) is 6. The molecule has 0 aliphatic rings. The van der Waals surface area contributed by atoms with Gasteiger partial charge in [0.25, 0.3) is 5.56 Å². The van der Waals surface area contributed by atoms with E-state index in [1.807, 2.05) is 41.0 Å². The van der Waals surface area contributed by atoms with Gasteiger partial charge in [0.05, 0.1) is 32.4 Å². The van der Waals surface area contributed by atoms with Crippen LogP contribution in [0.2, 0.25) is 0 Å². The number of rotatable bonds is 10. The lowest BCUT2D eigenvalue weighted by molar-refractivity contribution is 0.290. The zero-order valence-corrected chi connectivity index (χ0v) is 19.0. The lowest BCUT2D eigenvalue weighted by Crippen LogP contribution is -2.33.